The fraction of sp³-hybridized carbons (Fsp3) is 0.833. The molecule has 0 amide bonds. The van der Waals surface area contributed by atoms with Crippen LogP contribution in [0.3, 0.4) is 0 Å². The Bertz CT molecular complexity index is 879. The van der Waals surface area contributed by atoms with E-state index in [0.29, 0.717) is 13.0 Å². The highest BCUT2D eigenvalue weighted by molar-refractivity contribution is 7.47. The average molecular weight is 742 g/mol. The maximum Gasteiger partial charge on any atom is 0.472 e. The van der Waals surface area contributed by atoms with Gasteiger partial charge in [0.15, 0.2) is 0 Å². The average Bonchev–Trinajstić information content (AvgIpc) is 3.12. The van der Waals surface area contributed by atoms with Crippen molar-refractivity contribution < 1.29 is 32.8 Å². The van der Waals surface area contributed by atoms with Crippen molar-refractivity contribution in [1.82, 2.24) is 0 Å². The SMILES string of the molecule is CCCCCC/C=C\C/C=C\CCCCCCCCOCC(COP(=O)(O)OCCN)OC(=O)CCCCCCC/C=C\CCCCCCCC. The maximum atomic E-state index is 12.6. The molecule has 0 rings (SSSR count). The first-order chi connectivity index (χ1) is 24.9. The second-order valence-corrected chi connectivity index (χ2v) is 15.3. The lowest BCUT2D eigenvalue weighted by Gasteiger charge is -2.20. The van der Waals surface area contributed by atoms with E-state index in [1.807, 2.05) is 0 Å². The van der Waals surface area contributed by atoms with Gasteiger partial charge >= 0.3 is 13.8 Å². The molecule has 0 aromatic heterocycles. The number of unbranched alkanes of at least 4 members (excludes halogenated alkanes) is 21. The van der Waals surface area contributed by atoms with Gasteiger partial charge in [-0.2, -0.15) is 0 Å². The molecule has 0 radical (unpaired) electrons. The summed E-state index contributed by atoms with van der Waals surface area (Å²) in [4.78, 5) is 22.4. The number of hydrogen-bond donors (Lipinski definition) is 2. The van der Waals surface area contributed by atoms with Crippen molar-refractivity contribution in [3.05, 3.63) is 36.5 Å². The summed E-state index contributed by atoms with van der Waals surface area (Å²) >= 11 is 0. The third kappa shape index (κ3) is 39.8. The van der Waals surface area contributed by atoms with Crippen molar-refractivity contribution in [3.8, 4) is 0 Å². The number of hydrogen-bond acceptors (Lipinski definition) is 7. The number of phosphoric ester groups is 1. The summed E-state index contributed by atoms with van der Waals surface area (Å²) < 4.78 is 33.4. The number of carbonyl (C=O) groups is 1. The first-order valence-electron chi connectivity index (χ1n) is 21.0. The minimum Gasteiger partial charge on any atom is -0.457 e. The van der Waals surface area contributed by atoms with E-state index in [1.165, 1.54) is 103 Å². The number of rotatable bonds is 40. The Labute approximate surface area is 314 Å². The van der Waals surface area contributed by atoms with Crippen LogP contribution in [0.1, 0.15) is 187 Å². The highest BCUT2D eigenvalue weighted by Crippen LogP contribution is 2.43. The molecule has 0 fully saturated rings. The van der Waals surface area contributed by atoms with Gasteiger partial charge in [0.2, 0.25) is 0 Å². The van der Waals surface area contributed by atoms with Gasteiger partial charge in [-0.25, -0.2) is 4.57 Å². The Balaban J connectivity index is 4.08. The lowest BCUT2D eigenvalue weighted by Crippen LogP contribution is -2.28. The molecule has 0 saturated carbocycles. The van der Waals surface area contributed by atoms with Crippen LogP contribution >= 0.6 is 7.82 Å². The molecule has 0 bridgehead atoms. The van der Waals surface area contributed by atoms with Crippen LogP contribution in [0.5, 0.6) is 0 Å². The quantitative estimate of drug-likeness (QED) is 0.0276. The van der Waals surface area contributed by atoms with Crippen molar-refractivity contribution in [2.24, 2.45) is 5.73 Å². The Hall–Kier alpha value is -1.28. The third-order valence-electron chi connectivity index (χ3n) is 8.78. The summed E-state index contributed by atoms with van der Waals surface area (Å²) in [5.41, 5.74) is 5.36. The number of esters is 1. The van der Waals surface area contributed by atoms with Gasteiger partial charge in [0.05, 0.1) is 19.8 Å². The number of allylic oxidation sites excluding steroid dienone is 6. The number of nitrogens with two attached hydrogens (primary N) is 1. The molecule has 300 valence electrons. The van der Waals surface area contributed by atoms with Gasteiger partial charge < -0.3 is 20.1 Å². The minimum absolute atomic E-state index is 0.0968. The molecular weight excluding hydrogens is 661 g/mol. The van der Waals surface area contributed by atoms with Gasteiger partial charge in [0.1, 0.15) is 6.10 Å². The van der Waals surface area contributed by atoms with Crippen LogP contribution < -0.4 is 5.73 Å². The molecule has 0 aromatic rings. The fourth-order valence-corrected chi connectivity index (χ4v) is 6.43. The van der Waals surface area contributed by atoms with E-state index >= 15 is 0 Å². The second-order valence-electron chi connectivity index (χ2n) is 13.8. The fourth-order valence-electron chi connectivity index (χ4n) is 5.67. The first-order valence-corrected chi connectivity index (χ1v) is 22.5. The van der Waals surface area contributed by atoms with E-state index in [0.717, 1.165) is 64.2 Å². The molecule has 0 aliphatic heterocycles. The van der Waals surface area contributed by atoms with Crippen molar-refractivity contribution in [2.45, 2.75) is 193 Å². The molecule has 0 aromatic carbocycles. The first kappa shape index (κ1) is 49.7. The molecule has 0 aliphatic carbocycles. The molecule has 3 N–H and O–H groups in total. The van der Waals surface area contributed by atoms with E-state index in [2.05, 4.69) is 50.3 Å². The van der Waals surface area contributed by atoms with E-state index < -0.39 is 13.9 Å². The lowest BCUT2D eigenvalue weighted by atomic mass is 10.1. The monoisotopic (exact) mass is 742 g/mol. The van der Waals surface area contributed by atoms with Gasteiger partial charge in [0, 0.05) is 19.6 Å². The maximum absolute atomic E-state index is 12.6. The second kappa shape index (κ2) is 39.9. The Morgan fingerprint density at radius 1 is 0.588 bits per heavy atom. The van der Waals surface area contributed by atoms with Crippen LogP contribution in [0.2, 0.25) is 0 Å². The normalized spacial score (nSPS) is 13.9. The smallest absolute Gasteiger partial charge is 0.457 e. The van der Waals surface area contributed by atoms with E-state index in [1.54, 1.807) is 0 Å². The van der Waals surface area contributed by atoms with Gasteiger partial charge in [-0.15, -0.1) is 0 Å². The van der Waals surface area contributed by atoms with E-state index in [9.17, 15) is 14.3 Å². The molecule has 2 atom stereocenters. The predicted molar refractivity (Wildman–Crippen MR) is 215 cm³/mol. The van der Waals surface area contributed by atoms with Crippen LogP contribution in [0.4, 0.5) is 0 Å². The van der Waals surface area contributed by atoms with Crippen molar-refractivity contribution in [1.29, 1.82) is 0 Å². The summed E-state index contributed by atoms with van der Waals surface area (Å²) in [7, 11) is -4.28. The van der Waals surface area contributed by atoms with Crippen LogP contribution in [-0.4, -0.2) is 49.9 Å². The zero-order valence-corrected chi connectivity index (χ0v) is 34.0. The highest BCUT2D eigenvalue weighted by Gasteiger charge is 2.25. The summed E-state index contributed by atoms with van der Waals surface area (Å²) in [6.45, 7) is 4.87. The molecule has 2 unspecified atom stereocenters. The molecule has 8 nitrogen and oxygen atoms in total. The molecule has 9 heteroatoms. The predicted octanol–water partition coefficient (Wildman–Crippen LogP) is 12.2. The molecule has 0 saturated heterocycles. The number of phosphoric acid groups is 1. The van der Waals surface area contributed by atoms with Gasteiger partial charge in [-0.3, -0.25) is 13.8 Å². The Morgan fingerprint density at radius 3 is 1.57 bits per heavy atom. The van der Waals surface area contributed by atoms with Crippen molar-refractivity contribution in [2.75, 3.05) is 33.0 Å². The number of carbonyl (C=O) groups excluding carboxylic acids is 1. The van der Waals surface area contributed by atoms with Crippen LogP contribution in [0.15, 0.2) is 36.5 Å². The van der Waals surface area contributed by atoms with Crippen molar-refractivity contribution in [3.63, 3.8) is 0 Å². The largest absolute Gasteiger partial charge is 0.472 e. The zero-order valence-electron chi connectivity index (χ0n) is 33.1. The molecular formula is C42H80NO7P. The van der Waals surface area contributed by atoms with Gasteiger partial charge in [0.25, 0.3) is 0 Å². The minimum atomic E-state index is -4.28. The topological polar surface area (TPSA) is 117 Å². The Kier molecular flexibility index (Phi) is 38.9. The van der Waals surface area contributed by atoms with E-state index in [4.69, 9.17) is 24.3 Å². The van der Waals surface area contributed by atoms with Gasteiger partial charge in [-0.1, -0.05) is 147 Å². The third-order valence-corrected chi connectivity index (χ3v) is 9.76. The van der Waals surface area contributed by atoms with Crippen LogP contribution in [-0.2, 0) is 27.9 Å². The molecule has 51 heavy (non-hydrogen) atoms. The molecule has 0 heterocycles. The summed E-state index contributed by atoms with van der Waals surface area (Å²) in [5, 5.41) is 0. The van der Waals surface area contributed by atoms with Crippen LogP contribution in [0, 0.1) is 0 Å². The highest BCUT2D eigenvalue weighted by atomic mass is 31.2. The standard InChI is InChI=1S/C42H80NO7P/c1-3-5-7-9-11-13-15-17-19-20-22-24-26-28-30-32-34-37-47-39-41(40-49-51(45,46)48-38-36-43)50-42(44)35-33-31-29-27-25-23-21-18-16-14-12-10-8-6-4-2/h13,15,18-21,41H,3-12,14,16-17,22-40,43H2,1-2H3,(H,45,46)/b15-13-,20-19-,21-18-. The summed E-state index contributed by atoms with van der Waals surface area (Å²) in [6.07, 6.45) is 44.4. The lowest BCUT2D eigenvalue weighted by molar-refractivity contribution is -0.154. The number of ether oxygens (including phenoxy) is 2. The zero-order chi connectivity index (χ0) is 37.4. The van der Waals surface area contributed by atoms with Crippen molar-refractivity contribution >= 4 is 13.8 Å². The Morgan fingerprint density at radius 2 is 1.04 bits per heavy atom. The summed E-state index contributed by atoms with van der Waals surface area (Å²) in [6, 6.07) is 0. The molecule has 0 aliphatic rings. The van der Waals surface area contributed by atoms with Gasteiger partial charge in [-0.05, 0) is 70.6 Å². The molecule has 0 spiro atoms. The summed E-state index contributed by atoms with van der Waals surface area (Å²) in [5.74, 6) is -0.343. The van der Waals surface area contributed by atoms with E-state index in [-0.39, 0.29) is 32.3 Å². The van der Waals surface area contributed by atoms with Crippen LogP contribution in [0.25, 0.3) is 0 Å².